The fraction of sp³-hybridized carbons (Fsp3) is 0.382. The first-order valence-electron chi connectivity index (χ1n) is 15.0. The number of amides is 3. The Morgan fingerprint density at radius 1 is 0.933 bits per heavy atom. The van der Waals surface area contributed by atoms with Crippen LogP contribution in [0.1, 0.15) is 30.9 Å². The molecule has 1 aliphatic rings. The lowest BCUT2D eigenvalue weighted by Crippen LogP contribution is -2.56. The van der Waals surface area contributed by atoms with Gasteiger partial charge in [-0.2, -0.15) is 13.2 Å². The summed E-state index contributed by atoms with van der Waals surface area (Å²) in [6.07, 6.45) is -3.62. The molecule has 1 aliphatic heterocycles. The van der Waals surface area contributed by atoms with E-state index < -0.39 is 36.1 Å². The van der Waals surface area contributed by atoms with E-state index in [0.29, 0.717) is 30.9 Å². The SMILES string of the molecule is CN[C@@H](C)C(=O)N[C@@H](Cc1ccc(Oc2ccccc2)cc1)C(=O)N1CCC[C@H]1CN(CCc1ccccc1)C(=O)C(F)(F)F. The molecule has 3 atom stereocenters. The summed E-state index contributed by atoms with van der Waals surface area (Å²) >= 11 is 0. The quantitative estimate of drug-likeness (QED) is 0.287. The largest absolute Gasteiger partial charge is 0.471 e. The highest BCUT2D eigenvalue weighted by atomic mass is 19.4. The topological polar surface area (TPSA) is 91.0 Å². The minimum absolute atomic E-state index is 0.141. The summed E-state index contributed by atoms with van der Waals surface area (Å²) in [5.41, 5.74) is 1.57. The highest BCUT2D eigenvalue weighted by molar-refractivity contribution is 5.90. The van der Waals surface area contributed by atoms with Crippen LogP contribution in [-0.2, 0) is 27.2 Å². The number of hydrogen-bond acceptors (Lipinski definition) is 5. The highest BCUT2D eigenvalue weighted by Crippen LogP contribution is 2.25. The van der Waals surface area contributed by atoms with Crippen molar-refractivity contribution < 1.29 is 32.3 Å². The zero-order valence-corrected chi connectivity index (χ0v) is 25.4. The van der Waals surface area contributed by atoms with Gasteiger partial charge >= 0.3 is 12.1 Å². The van der Waals surface area contributed by atoms with E-state index in [0.717, 1.165) is 16.0 Å². The van der Waals surface area contributed by atoms with Gasteiger partial charge in [0.25, 0.3) is 0 Å². The number of likely N-dealkylation sites (N-methyl/N-ethyl adjacent to an activating group) is 1. The van der Waals surface area contributed by atoms with Gasteiger partial charge in [-0.25, -0.2) is 0 Å². The standard InChI is InChI=1S/C34H39F3N4O4/c1-24(38-2)31(42)39-30(22-26-15-17-29(18-16-26)45-28-13-7-4-8-14-28)32(43)41-20-9-12-27(41)23-40(33(44)34(35,36)37)21-19-25-10-5-3-6-11-25/h3-8,10-11,13-18,24,27,30,38H,9,12,19-23H2,1-2H3,(H,39,42)/t24-,27-,30-/m0/s1. The van der Waals surface area contributed by atoms with E-state index in [4.69, 9.17) is 4.74 Å². The van der Waals surface area contributed by atoms with Crippen LogP contribution >= 0.6 is 0 Å². The molecule has 0 aliphatic carbocycles. The Balaban J connectivity index is 1.50. The molecule has 3 aromatic carbocycles. The van der Waals surface area contributed by atoms with Crippen LogP contribution < -0.4 is 15.4 Å². The van der Waals surface area contributed by atoms with Gasteiger partial charge in [-0.15, -0.1) is 0 Å². The van der Waals surface area contributed by atoms with Gasteiger partial charge in [0.15, 0.2) is 0 Å². The van der Waals surface area contributed by atoms with Gasteiger partial charge in [0.05, 0.1) is 6.04 Å². The molecule has 1 saturated heterocycles. The third-order valence-corrected chi connectivity index (χ3v) is 7.92. The number of nitrogens with zero attached hydrogens (tertiary/aromatic N) is 2. The van der Waals surface area contributed by atoms with Crippen molar-refractivity contribution in [3.8, 4) is 11.5 Å². The second-order valence-electron chi connectivity index (χ2n) is 11.1. The first-order chi connectivity index (χ1) is 21.5. The van der Waals surface area contributed by atoms with Crippen LogP contribution in [0.4, 0.5) is 13.2 Å². The number of alkyl halides is 3. The number of ether oxygens (including phenoxy) is 1. The zero-order chi connectivity index (χ0) is 32.4. The van der Waals surface area contributed by atoms with Gasteiger partial charge in [-0.3, -0.25) is 14.4 Å². The average Bonchev–Trinajstić information content (AvgIpc) is 3.51. The van der Waals surface area contributed by atoms with E-state index in [1.165, 1.54) is 4.90 Å². The molecule has 0 aromatic heterocycles. The summed E-state index contributed by atoms with van der Waals surface area (Å²) in [5, 5.41) is 5.69. The Bertz CT molecular complexity index is 1400. The normalized spacial score (nSPS) is 16.1. The van der Waals surface area contributed by atoms with Crippen molar-refractivity contribution in [1.29, 1.82) is 0 Å². The zero-order valence-electron chi connectivity index (χ0n) is 25.4. The number of benzene rings is 3. The van der Waals surface area contributed by atoms with Crippen molar-refractivity contribution >= 4 is 17.7 Å². The molecule has 1 heterocycles. The minimum atomic E-state index is -5.04. The molecule has 0 unspecified atom stereocenters. The summed E-state index contributed by atoms with van der Waals surface area (Å²) in [5.74, 6) is -1.43. The van der Waals surface area contributed by atoms with Crippen LogP contribution in [0.2, 0.25) is 0 Å². The molecule has 240 valence electrons. The van der Waals surface area contributed by atoms with Gasteiger partial charge in [-0.05, 0) is 68.6 Å². The van der Waals surface area contributed by atoms with Crippen molar-refractivity contribution in [3.63, 3.8) is 0 Å². The van der Waals surface area contributed by atoms with Crippen molar-refractivity contribution in [2.24, 2.45) is 0 Å². The predicted molar refractivity (Wildman–Crippen MR) is 165 cm³/mol. The molecule has 45 heavy (non-hydrogen) atoms. The Labute approximate surface area is 261 Å². The number of carbonyl (C=O) groups is 3. The lowest BCUT2D eigenvalue weighted by Gasteiger charge is -2.33. The number of halogens is 3. The second-order valence-corrected chi connectivity index (χ2v) is 11.1. The summed E-state index contributed by atoms with van der Waals surface area (Å²) in [6, 6.07) is 23.2. The summed E-state index contributed by atoms with van der Waals surface area (Å²) in [4.78, 5) is 41.6. The molecule has 4 rings (SSSR count). The minimum Gasteiger partial charge on any atom is -0.457 e. The van der Waals surface area contributed by atoms with Crippen molar-refractivity contribution in [2.45, 2.75) is 56.9 Å². The smallest absolute Gasteiger partial charge is 0.457 e. The molecule has 0 radical (unpaired) electrons. The number of likely N-dealkylation sites (tertiary alicyclic amines) is 1. The summed E-state index contributed by atoms with van der Waals surface area (Å²) < 4.78 is 46.6. The van der Waals surface area contributed by atoms with Crippen LogP contribution in [0, 0.1) is 0 Å². The van der Waals surface area contributed by atoms with Crippen LogP contribution in [0.5, 0.6) is 11.5 Å². The van der Waals surface area contributed by atoms with Gasteiger partial charge in [0, 0.05) is 32.1 Å². The van der Waals surface area contributed by atoms with E-state index >= 15 is 0 Å². The number of nitrogens with one attached hydrogen (secondary N) is 2. The van der Waals surface area contributed by atoms with Crippen LogP contribution in [0.3, 0.4) is 0 Å². The lowest BCUT2D eigenvalue weighted by atomic mass is 10.0. The third kappa shape index (κ3) is 9.55. The molecule has 1 fully saturated rings. The number of rotatable bonds is 13. The van der Waals surface area contributed by atoms with E-state index in [9.17, 15) is 27.6 Å². The van der Waals surface area contributed by atoms with Gasteiger partial charge < -0.3 is 25.2 Å². The van der Waals surface area contributed by atoms with E-state index in [1.807, 2.05) is 36.4 Å². The number of para-hydroxylation sites is 1. The predicted octanol–water partition coefficient (Wildman–Crippen LogP) is 4.74. The maximum Gasteiger partial charge on any atom is 0.471 e. The van der Waals surface area contributed by atoms with E-state index in [1.54, 1.807) is 62.5 Å². The van der Waals surface area contributed by atoms with Crippen molar-refractivity contribution in [1.82, 2.24) is 20.4 Å². The Kier molecular flexibility index (Phi) is 11.6. The maximum absolute atomic E-state index is 14.0. The lowest BCUT2D eigenvalue weighted by molar-refractivity contribution is -0.186. The highest BCUT2D eigenvalue weighted by Gasteiger charge is 2.44. The number of carbonyl (C=O) groups excluding carboxylic acids is 3. The molecule has 3 amide bonds. The molecule has 8 nitrogen and oxygen atoms in total. The molecule has 3 aromatic rings. The van der Waals surface area contributed by atoms with E-state index in [-0.39, 0.29) is 31.8 Å². The number of hydrogen-bond donors (Lipinski definition) is 2. The molecule has 2 N–H and O–H groups in total. The van der Waals surface area contributed by atoms with Crippen molar-refractivity contribution in [3.05, 3.63) is 96.1 Å². The van der Waals surface area contributed by atoms with Gasteiger partial charge in [-0.1, -0.05) is 60.7 Å². The molecule has 0 spiro atoms. The molecule has 0 saturated carbocycles. The van der Waals surface area contributed by atoms with Crippen LogP contribution in [0.25, 0.3) is 0 Å². The molecule has 0 bridgehead atoms. The first kappa shape index (κ1) is 33.5. The van der Waals surface area contributed by atoms with Crippen LogP contribution in [-0.4, -0.2) is 78.5 Å². The fourth-order valence-corrected chi connectivity index (χ4v) is 5.32. The Morgan fingerprint density at radius 3 is 2.18 bits per heavy atom. The molecular formula is C34H39F3N4O4. The Morgan fingerprint density at radius 2 is 1.56 bits per heavy atom. The Hall–Kier alpha value is -4.38. The van der Waals surface area contributed by atoms with E-state index in [2.05, 4.69) is 10.6 Å². The van der Waals surface area contributed by atoms with Crippen LogP contribution in [0.15, 0.2) is 84.9 Å². The van der Waals surface area contributed by atoms with Gasteiger partial charge in [0.1, 0.15) is 17.5 Å². The maximum atomic E-state index is 14.0. The van der Waals surface area contributed by atoms with Crippen molar-refractivity contribution in [2.75, 3.05) is 26.7 Å². The summed E-state index contributed by atoms with van der Waals surface area (Å²) in [6.45, 7) is 1.58. The first-order valence-corrected chi connectivity index (χ1v) is 15.0. The second kappa shape index (κ2) is 15.6. The monoisotopic (exact) mass is 624 g/mol. The molecular weight excluding hydrogens is 585 g/mol. The third-order valence-electron chi connectivity index (χ3n) is 7.92. The fourth-order valence-electron chi connectivity index (χ4n) is 5.32. The average molecular weight is 625 g/mol. The molecule has 11 heteroatoms. The summed E-state index contributed by atoms with van der Waals surface area (Å²) in [7, 11) is 1.63. The van der Waals surface area contributed by atoms with Gasteiger partial charge in [0.2, 0.25) is 11.8 Å².